The maximum absolute atomic E-state index is 6.52. The minimum absolute atomic E-state index is 0.131. The lowest BCUT2D eigenvalue weighted by Crippen LogP contribution is -2.57. The first-order valence-corrected chi connectivity index (χ1v) is 11.6. The smallest absolute Gasteiger partial charge is 0.0752 e. The molecule has 2 atom stereocenters. The summed E-state index contributed by atoms with van der Waals surface area (Å²) in [7, 11) is 0. The standard InChI is InChI=1S/C28H35N3O/c1-4-16-31-19-27(32-20-22-10-6-5-7-11-22)25(28(2,3)21-31)18-29-17-24-15-14-23-12-8-9-13-26(23)30-24/h4-15,25,27,29H,1,16-21H2,2-3H3/t25-,27-/m1/s1. The summed E-state index contributed by atoms with van der Waals surface area (Å²) >= 11 is 0. The molecule has 0 aliphatic carbocycles. The highest BCUT2D eigenvalue weighted by molar-refractivity contribution is 5.78. The number of para-hydroxylation sites is 1. The summed E-state index contributed by atoms with van der Waals surface area (Å²) in [5.74, 6) is 0.410. The highest BCUT2D eigenvalue weighted by atomic mass is 16.5. The molecule has 1 fully saturated rings. The Bertz CT molecular complexity index is 1020. The third-order valence-corrected chi connectivity index (χ3v) is 6.54. The molecule has 32 heavy (non-hydrogen) atoms. The Morgan fingerprint density at radius 1 is 1.09 bits per heavy atom. The Morgan fingerprint density at radius 3 is 2.69 bits per heavy atom. The van der Waals surface area contributed by atoms with Gasteiger partial charge in [-0.1, -0.05) is 74.5 Å². The fourth-order valence-corrected chi connectivity index (χ4v) is 4.88. The number of hydrogen-bond donors (Lipinski definition) is 1. The van der Waals surface area contributed by atoms with Crippen molar-refractivity contribution in [2.24, 2.45) is 11.3 Å². The monoisotopic (exact) mass is 429 g/mol. The number of ether oxygens (including phenoxy) is 1. The van der Waals surface area contributed by atoms with Gasteiger partial charge in [-0.3, -0.25) is 9.88 Å². The van der Waals surface area contributed by atoms with Crippen molar-refractivity contribution in [2.45, 2.75) is 33.1 Å². The van der Waals surface area contributed by atoms with E-state index in [9.17, 15) is 0 Å². The van der Waals surface area contributed by atoms with Crippen molar-refractivity contribution in [3.05, 3.63) is 90.6 Å². The molecule has 1 aliphatic heterocycles. The molecule has 0 bridgehead atoms. The Labute approximate surface area is 192 Å². The van der Waals surface area contributed by atoms with Crippen LogP contribution < -0.4 is 5.32 Å². The molecule has 4 heteroatoms. The average Bonchev–Trinajstić information content (AvgIpc) is 2.79. The number of nitrogens with zero attached hydrogens (tertiary/aromatic N) is 2. The molecule has 0 saturated carbocycles. The number of piperidine rings is 1. The van der Waals surface area contributed by atoms with Crippen molar-refractivity contribution in [1.29, 1.82) is 0 Å². The minimum atomic E-state index is 0.131. The molecular weight excluding hydrogens is 394 g/mol. The quantitative estimate of drug-likeness (QED) is 0.483. The minimum Gasteiger partial charge on any atom is -0.372 e. The van der Waals surface area contributed by atoms with Crippen LogP contribution in [-0.4, -0.2) is 42.2 Å². The summed E-state index contributed by atoms with van der Waals surface area (Å²) < 4.78 is 6.52. The van der Waals surface area contributed by atoms with Crippen LogP contribution in [0.2, 0.25) is 0 Å². The van der Waals surface area contributed by atoms with Gasteiger partial charge >= 0.3 is 0 Å². The fourth-order valence-electron chi connectivity index (χ4n) is 4.88. The highest BCUT2D eigenvalue weighted by Gasteiger charge is 2.42. The molecule has 1 saturated heterocycles. The Kier molecular flexibility index (Phi) is 7.36. The lowest BCUT2D eigenvalue weighted by molar-refractivity contribution is -0.0936. The number of aromatic nitrogens is 1. The summed E-state index contributed by atoms with van der Waals surface area (Å²) in [5, 5.41) is 4.87. The van der Waals surface area contributed by atoms with Crippen molar-refractivity contribution in [3.63, 3.8) is 0 Å². The van der Waals surface area contributed by atoms with E-state index in [0.29, 0.717) is 12.5 Å². The average molecular weight is 430 g/mol. The molecule has 0 amide bonds. The van der Waals surface area contributed by atoms with Gasteiger partial charge in [-0.2, -0.15) is 0 Å². The SMILES string of the molecule is C=CCN1C[C@@H](OCc2ccccc2)[C@@H](CNCc2ccc3ccccc3n2)C(C)(C)C1. The molecule has 168 valence electrons. The topological polar surface area (TPSA) is 37.4 Å². The van der Waals surface area contributed by atoms with E-state index in [1.807, 2.05) is 18.2 Å². The lowest BCUT2D eigenvalue weighted by Gasteiger charge is -2.48. The zero-order valence-corrected chi connectivity index (χ0v) is 19.3. The van der Waals surface area contributed by atoms with Crippen LogP contribution in [0.5, 0.6) is 0 Å². The molecule has 1 aromatic heterocycles. The summed E-state index contributed by atoms with van der Waals surface area (Å²) in [6.07, 6.45) is 2.16. The second kappa shape index (κ2) is 10.4. The maximum atomic E-state index is 6.52. The van der Waals surface area contributed by atoms with Crippen LogP contribution in [0.1, 0.15) is 25.1 Å². The normalized spacial score (nSPS) is 20.9. The van der Waals surface area contributed by atoms with Crippen molar-refractivity contribution >= 4 is 10.9 Å². The number of likely N-dealkylation sites (tertiary alicyclic amines) is 1. The van der Waals surface area contributed by atoms with Crippen LogP contribution in [0.3, 0.4) is 0 Å². The molecule has 0 unspecified atom stereocenters. The highest BCUT2D eigenvalue weighted by Crippen LogP contribution is 2.36. The van der Waals surface area contributed by atoms with E-state index in [2.05, 4.69) is 85.2 Å². The Balaban J connectivity index is 1.42. The fraction of sp³-hybridized carbons (Fsp3) is 0.393. The first kappa shape index (κ1) is 22.7. The van der Waals surface area contributed by atoms with Gasteiger partial charge in [0, 0.05) is 44.0 Å². The molecule has 3 aromatic rings. The van der Waals surface area contributed by atoms with Crippen LogP contribution in [-0.2, 0) is 17.9 Å². The van der Waals surface area contributed by atoms with E-state index in [1.165, 1.54) is 10.9 Å². The second-order valence-corrected chi connectivity index (χ2v) is 9.54. The van der Waals surface area contributed by atoms with E-state index >= 15 is 0 Å². The molecule has 4 nitrogen and oxygen atoms in total. The zero-order valence-electron chi connectivity index (χ0n) is 19.3. The van der Waals surface area contributed by atoms with E-state index in [0.717, 1.165) is 43.9 Å². The molecule has 0 spiro atoms. The summed E-state index contributed by atoms with van der Waals surface area (Å²) in [6.45, 7) is 13.9. The third-order valence-electron chi connectivity index (χ3n) is 6.54. The molecule has 1 N–H and O–H groups in total. The summed E-state index contributed by atoms with van der Waals surface area (Å²) in [5.41, 5.74) is 3.48. The zero-order chi connectivity index (χ0) is 22.4. The summed E-state index contributed by atoms with van der Waals surface area (Å²) in [4.78, 5) is 7.27. The molecule has 1 aliphatic rings. The Morgan fingerprint density at radius 2 is 1.88 bits per heavy atom. The maximum Gasteiger partial charge on any atom is 0.0752 e. The van der Waals surface area contributed by atoms with Gasteiger partial charge < -0.3 is 10.1 Å². The van der Waals surface area contributed by atoms with Crippen LogP contribution >= 0.6 is 0 Å². The van der Waals surface area contributed by atoms with Crippen LogP contribution in [0, 0.1) is 11.3 Å². The van der Waals surface area contributed by atoms with Gasteiger partial charge in [0.15, 0.2) is 0 Å². The molecule has 0 radical (unpaired) electrons. The van der Waals surface area contributed by atoms with Crippen LogP contribution in [0.4, 0.5) is 0 Å². The van der Waals surface area contributed by atoms with Crippen molar-refractivity contribution in [2.75, 3.05) is 26.2 Å². The number of pyridine rings is 1. The predicted molar refractivity (Wildman–Crippen MR) is 132 cm³/mol. The van der Waals surface area contributed by atoms with Gasteiger partial charge in [-0.15, -0.1) is 6.58 Å². The van der Waals surface area contributed by atoms with E-state index in [4.69, 9.17) is 9.72 Å². The van der Waals surface area contributed by atoms with E-state index < -0.39 is 0 Å². The van der Waals surface area contributed by atoms with Crippen molar-refractivity contribution < 1.29 is 4.74 Å². The van der Waals surface area contributed by atoms with Gasteiger partial charge in [0.2, 0.25) is 0 Å². The number of nitrogens with one attached hydrogen (secondary N) is 1. The largest absolute Gasteiger partial charge is 0.372 e. The molecular formula is C28H35N3O. The van der Waals surface area contributed by atoms with Crippen LogP contribution in [0.15, 0.2) is 79.4 Å². The molecule has 2 heterocycles. The van der Waals surface area contributed by atoms with Gasteiger partial charge in [0.1, 0.15) is 0 Å². The van der Waals surface area contributed by atoms with Crippen molar-refractivity contribution in [3.8, 4) is 0 Å². The predicted octanol–water partition coefficient (Wildman–Crippen LogP) is 5.05. The first-order chi connectivity index (χ1) is 15.5. The number of rotatable bonds is 9. The number of hydrogen-bond acceptors (Lipinski definition) is 4. The van der Waals surface area contributed by atoms with Gasteiger partial charge in [0.05, 0.1) is 23.9 Å². The number of fused-ring (bicyclic) bond motifs is 1. The van der Waals surface area contributed by atoms with Crippen molar-refractivity contribution in [1.82, 2.24) is 15.2 Å². The number of benzene rings is 2. The van der Waals surface area contributed by atoms with Crippen LogP contribution in [0.25, 0.3) is 10.9 Å². The summed E-state index contributed by atoms with van der Waals surface area (Å²) in [6, 6.07) is 23.0. The second-order valence-electron chi connectivity index (χ2n) is 9.54. The lowest BCUT2D eigenvalue weighted by atomic mass is 9.72. The van der Waals surface area contributed by atoms with Gasteiger partial charge in [0.25, 0.3) is 0 Å². The third kappa shape index (κ3) is 5.63. The van der Waals surface area contributed by atoms with Gasteiger partial charge in [-0.05, 0) is 23.1 Å². The van der Waals surface area contributed by atoms with E-state index in [-0.39, 0.29) is 11.5 Å². The Hall–Kier alpha value is -2.53. The molecule has 2 aromatic carbocycles. The van der Waals surface area contributed by atoms with Gasteiger partial charge in [-0.25, -0.2) is 0 Å². The first-order valence-electron chi connectivity index (χ1n) is 11.6. The van der Waals surface area contributed by atoms with E-state index in [1.54, 1.807) is 0 Å². The molecule has 4 rings (SSSR count).